The van der Waals surface area contributed by atoms with Gasteiger partial charge < -0.3 is 4.90 Å². The molecule has 2 aromatic heterocycles. The third-order valence-electron chi connectivity index (χ3n) is 4.47. The SMILES string of the molecule is CCC1CCCCN1c1c(C(C)C)nn2ccccc12. The van der Waals surface area contributed by atoms with Gasteiger partial charge in [0.25, 0.3) is 0 Å². The predicted octanol–water partition coefficient (Wildman–Crippen LogP) is 4.23. The first-order valence-electron chi connectivity index (χ1n) is 7.96. The van der Waals surface area contributed by atoms with Crippen molar-refractivity contribution >= 4 is 11.2 Å². The summed E-state index contributed by atoms with van der Waals surface area (Å²) in [4.78, 5) is 2.63. The highest BCUT2D eigenvalue weighted by Gasteiger charge is 2.27. The van der Waals surface area contributed by atoms with Crippen LogP contribution < -0.4 is 4.90 Å². The molecule has 1 unspecified atom stereocenters. The third-order valence-corrected chi connectivity index (χ3v) is 4.47. The number of anilines is 1. The fourth-order valence-electron chi connectivity index (χ4n) is 3.41. The molecule has 3 heterocycles. The van der Waals surface area contributed by atoms with Gasteiger partial charge in [-0.3, -0.25) is 0 Å². The lowest BCUT2D eigenvalue weighted by Crippen LogP contribution is -2.39. The Hall–Kier alpha value is -1.51. The molecule has 1 aliphatic rings. The highest BCUT2D eigenvalue weighted by atomic mass is 15.3. The van der Waals surface area contributed by atoms with Crippen molar-refractivity contribution in [3.8, 4) is 0 Å². The van der Waals surface area contributed by atoms with Gasteiger partial charge in [-0.25, -0.2) is 4.52 Å². The zero-order chi connectivity index (χ0) is 14.1. The molecule has 0 saturated carbocycles. The predicted molar refractivity (Wildman–Crippen MR) is 84.6 cm³/mol. The van der Waals surface area contributed by atoms with Crippen LogP contribution >= 0.6 is 0 Å². The van der Waals surface area contributed by atoms with Gasteiger partial charge in [-0.1, -0.05) is 26.8 Å². The molecule has 1 saturated heterocycles. The van der Waals surface area contributed by atoms with E-state index in [1.807, 2.05) is 4.52 Å². The van der Waals surface area contributed by atoms with Crippen molar-refractivity contribution < 1.29 is 0 Å². The van der Waals surface area contributed by atoms with Gasteiger partial charge in [0.15, 0.2) is 0 Å². The van der Waals surface area contributed by atoms with Gasteiger partial charge in [-0.05, 0) is 43.7 Å². The van der Waals surface area contributed by atoms with Crippen LogP contribution in [0.5, 0.6) is 0 Å². The largest absolute Gasteiger partial charge is 0.365 e. The maximum Gasteiger partial charge on any atom is 0.0898 e. The number of nitrogens with zero attached hydrogens (tertiary/aromatic N) is 3. The lowest BCUT2D eigenvalue weighted by atomic mass is 9.97. The Balaban J connectivity index is 2.14. The van der Waals surface area contributed by atoms with Gasteiger partial charge in [0.2, 0.25) is 0 Å². The topological polar surface area (TPSA) is 20.5 Å². The maximum absolute atomic E-state index is 4.83. The van der Waals surface area contributed by atoms with E-state index in [-0.39, 0.29) is 0 Å². The Morgan fingerprint density at radius 1 is 1.30 bits per heavy atom. The molecule has 0 amide bonds. The molecule has 0 radical (unpaired) electrons. The van der Waals surface area contributed by atoms with Crippen molar-refractivity contribution in [3.63, 3.8) is 0 Å². The average Bonchev–Trinajstić information content (AvgIpc) is 2.86. The molecular formula is C17H25N3. The zero-order valence-corrected chi connectivity index (χ0v) is 12.8. The van der Waals surface area contributed by atoms with Gasteiger partial charge in [-0.2, -0.15) is 5.10 Å². The van der Waals surface area contributed by atoms with Crippen molar-refractivity contribution in [1.82, 2.24) is 9.61 Å². The molecule has 20 heavy (non-hydrogen) atoms. The molecule has 2 aromatic rings. The molecule has 3 rings (SSSR count). The summed E-state index contributed by atoms with van der Waals surface area (Å²) < 4.78 is 2.05. The minimum Gasteiger partial charge on any atom is -0.365 e. The van der Waals surface area contributed by atoms with Crippen LogP contribution in [0, 0.1) is 0 Å². The lowest BCUT2D eigenvalue weighted by Gasteiger charge is -2.37. The van der Waals surface area contributed by atoms with Crippen molar-refractivity contribution in [3.05, 3.63) is 30.1 Å². The Kier molecular flexibility index (Phi) is 3.68. The molecule has 108 valence electrons. The molecule has 1 atom stereocenters. The number of piperidine rings is 1. The number of fused-ring (bicyclic) bond motifs is 1. The van der Waals surface area contributed by atoms with E-state index < -0.39 is 0 Å². The Morgan fingerprint density at radius 3 is 2.90 bits per heavy atom. The van der Waals surface area contributed by atoms with Crippen LogP contribution in [-0.2, 0) is 0 Å². The van der Waals surface area contributed by atoms with Crippen LogP contribution in [0.15, 0.2) is 24.4 Å². The average molecular weight is 271 g/mol. The molecule has 1 aliphatic heterocycles. The van der Waals surface area contributed by atoms with E-state index >= 15 is 0 Å². The first-order chi connectivity index (χ1) is 9.72. The van der Waals surface area contributed by atoms with E-state index in [4.69, 9.17) is 5.10 Å². The molecule has 0 spiro atoms. The van der Waals surface area contributed by atoms with Crippen LogP contribution in [0.4, 0.5) is 5.69 Å². The first-order valence-corrected chi connectivity index (χ1v) is 7.96. The van der Waals surface area contributed by atoms with Crippen LogP contribution in [0.3, 0.4) is 0 Å². The molecule has 1 fully saturated rings. The van der Waals surface area contributed by atoms with E-state index in [1.165, 1.54) is 49.1 Å². The van der Waals surface area contributed by atoms with E-state index in [9.17, 15) is 0 Å². The summed E-state index contributed by atoms with van der Waals surface area (Å²) >= 11 is 0. The number of rotatable bonds is 3. The molecule has 0 aliphatic carbocycles. The van der Waals surface area contributed by atoms with Crippen molar-refractivity contribution in [2.75, 3.05) is 11.4 Å². The van der Waals surface area contributed by atoms with Crippen LogP contribution in [0.1, 0.15) is 58.1 Å². The molecular weight excluding hydrogens is 246 g/mol. The lowest BCUT2D eigenvalue weighted by molar-refractivity contribution is 0.449. The molecule has 3 heteroatoms. The van der Waals surface area contributed by atoms with Crippen LogP contribution in [0.25, 0.3) is 5.52 Å². The number of hydrogen-bond donors (Lipinski definition) is 0. The van der Waals surface area contributed by atoms with Crippen molar-refractivity contribution in [1.29, 1.82) is 0 Å². The van der Waals surface area contributed by atoms with Gasteiger partial charge in [0.1, 0.15) is 0 Å². The minimum atomic E-state index is 0.462. The summed E-state index contributed by atoms with van der Waals surface area (Å²) in [6.07, 6.45) is 7.28. The van der Waals surface area contributed by atoms with E-state index in [1.54, 1.807) is 0 Å². The monoisotopic (exact) mass is 271 g/mol. The summed E-state index contributed by atoms with van der Waals surface area (Å²) in [6.45, 7) is 7.98. The van der Waals surface area contributed by atoms with E-state index in [0.717, 1.165) is 0 Å². The number of pyridine rings is 1. The van der Waals surface area contributed by atoms with Crippen LogP contribution in [-0.4, -0.2) is 22.2 Å². The number of aromatic nitrogens is 2. The normalized spacial score (nSPS) is 20.0. The Bertz CT molecular complexity index is 585. The molecule has 0 aromatic carbocycles. The third kappa shape index (κ3) is 2.19. The van der Waals surface area contributed by atoms with Gasteiger partial charge in [0.05, 0.1) is 16.9 Å². The second-order valence-electron chi connectivity index (χ2n) is 6.17. The Morgan fingerprint density at radius 2 is 2.15 bits per heavy atom. The van der Waals surface area contributed by atoms with E-state index in [2.05, 4.69) is 50.1 Å². The van der Waals surface area contributed by atoms with Crippen LogP contribution in [0.2, 0.25) is 0 Å². The molecule has 0 N–H and O–H groups in total. The molecule has 3 nitrogen and oxygen atoms in total. The van der Waals surface area contributed by atoms with Gasteiger partial charge in [-0.15, -0.1) is 0 Å². The fourth-order valence-corrected chi connectivity index (χ4v) is 3.41. The quantitative estimate of drug-likeness (QED) is 0.833. The minimum absolute atomic E-state index is 0.462. The van der Waals surface area contributed by atoms with Crippen molar-refractivity contribution in [2.24, 2.45) is 0 Å². The highest BCUT2D eigenvalue weighted by molar-refractivity contribution is 5.76. The standard InChI is InChI=1S/C17H25N3/c1-4-14-9-5-7-11-19(14)17-15-10-6-8-12-20(15)18-16(17)13(2)3/h6,8,10,12-14H,4-5,7,9,11H2,1-3H3. The van der Waals surface area contributed by atoms with E-state index in [0.29, 0.717) is 12.0 Å². The second kappa shape index (κ2) is 5.47. The summed E-state index contributed by atoms with van der Waals surface area (Å²) in [5.41, 5.74) is 3.89. The Labute approximate surface area is 121 Å². The second-order valence-corrected chi connectivity index (χ2v) is 6.17. The van der Waals surface area contributed by atoms with Crippen molar-refractivity contribution in [2.45, 2.75) is 58.4 Å². The van der Waals surface area contributed by atoms with Gasteiger partial charge in [0, 0.05) is 18.8 Å². The fraction of sp³-hybridized carbons (Fsp3) is 0.588. The number of hydrogen-bond acceptors (Lipinski definition) is 2. The summed E-state index contributed by atoms with van der Waals surface area (Å²) in [6, 6.07) is 7.06. The van der Waals surface area contributed by atoms with Gasteiger partial charge >= 0.3 is 0 Å². The summed E-state index contributed by atoms with van der Waals surface area (Å²) in [5, 5.41) is 4.83. The summed E-state index contributed by atoms with van der Waals surface area (Å²) in [7, 11) is 0. The maximum atomic E-state index is 4.83. The highest BCUT2D eigenvalue weighted by Crippen LogP contribution is 2.36. The first kappa shape index (κ1) is 13.5. The summed E-state index contributed by atoms with van der Waals surface area (Å²) in [5.74, 6) is 0.462. The smallest absolute Gasteiger partial charge is 0.0898 e. The molecule has 0 bridgehead atoms. The zero-order valence-electron chi connectivity index (χ0n) is 12.8.